The van der Waals surface area contributed by atoms with Crippen LogP contribution in [0, 0.1) is 0 Å². The zero-order chi connectivity index (χ0) is 21.5. The Hall–Kier alpha value is -2.90. The van der Waals surface area contributed by atoms with Crippen LogP contribution in [0.3, 0.4) is 0 Å². The maximum Gasteiger partial charge on any atom is 0.224 e. The highest BCUT2D eigenvalue weighted by Gasteiger charge is 2.39. The number of amides is 1. The van der Waals surface area contributed by atoms with Gasteiger partial charge in [0.15, 0.2) is 0 Å². The summed E-state index contributed by atoms with van der Waals surface area (Å²) in [6.07, 6.45) is 5.34. The molecular formula is C24H28N4O3. The first kappa shape index (κ1) is 20.0. The van der Waals surface area contributed by atoms with Crippen LogP contribution < -0.4 is 0 Å². The van der Waals surface area contributed by atoms with Crippen molar-refractivity contribution in [2.24, 2.45) is 0 Å². The van der Waals surface area contributed by atoms with Crippen molar-refractivity contribution in [2.45, 2.75) is 31.0 Å². The molecule has 5 rings (SSSR count). The van der Waals surface area contributed by atoms with Gasteiger partial charge in [-0.25, -0.2) is 4.98 Å². The van der Waals surface area contributed by atoms with E-state index < -0.39 is 0 Å². The first-order valence-corrected chi connectivity index (χ1v) is 10.8. The maximum absolute atomic E-state index is 12.1. The van der Waals surface area contributed by atoms with Crippen LogP contribution in [0.2, 0.25) is 0 Å². The predicted molar refractivity (Wildman–Crippen MR) is 119 cm³/mol. The minimum Gasteiger partial charge on any atom is -0.508 e. The number of carbonyl (C=O) groups is 1. The lowest BCUT2D eigenvalue weighted by Crippen LogP contribution is -2.47. The molecule has 2 saturated heterocycles. The van der Waals surface area contributed by atoms with Gasteiger partial charge in [-0.15, -0.1) is 0 Å². The Kier molecular flexibility index (Phi) is 5.16. The number of aromatic nitrogens is 2. The van der Waals surface area contributed by atoms with Gasteiger partial charge < -0.3 is 19.3 Å². The molecule has 0 radical (unpaired) electrons. The number of morpholine rings is 1. The number of hydrogen-bond acceptors (Lipinski definition) is 5. The number of aromatic hydroxyl groups is 1. The highest BCUT2D eigenvalue weighted by molar-refractivity contribution is 5.87. The number of phenolic OH excluding ortho intramolecular Hbond substituents is 1. The molecule has 7 nitrogen and oxygen atoms in total. The van der Waals surface area contributed by atoms with E-state index in [0.29, 0.717) is 25.1 Å². The van der Waals surface area contributed by atoms with E-state index in [1.54, 1.807) is 31.1 Å². The Labute approximate surface area is 181 Å². The van der Waals surface area contributed by atoms with Crippen LogP contribution in [0.15, 0.2) is 48.8 Å². The molecule has 2 aliphatic heterocycles. The van der Waals surface area contributed by atoms with Crippen molar-refractivity contribution in [3.63, 3.8) is 0 Å². The number of fused-ring (bicyclic) bond motifs is 2. The third-order valence-corrected chi connectivity index (χ3v) is 6.51. The monoisotopic (exact) mass is 420 g/mol. The molecule has 0 spiro atoms. The lowest BCUT2D eigenvalue weighted by atomic mass is 10.1. The van der Waals surface area contributed by atoms with Crippen LogP contribution in [0.4, 0.5) is 0 Å². The molecule has 31 heavy (non-hydrogen) atoms. The number of imidazole rings is 1. The average Bonchev–Trinajstić information content (AvgIpc) is 3.39. The Morgan fingerprint density at radius 2 is 1.97 bits per heavy atom. The van der Waals surface area contributed by atoms with Gasteiger partial charge in [0.05, 0.1) is 19.1 Å². The normalized spacial score (nSPS) is 23.7. The van der Waals surface area contributed by atoms with E-state index >= 15 is 0 Å². The van der Waals surface area contributed by atoms with Crippen LogP contribution in [0.1, 0.15) is 18.9 Å². The quantitative estimate of drug-likeness (QED) is 0.703. The van der Waals surface area contributed by atoms with Gasteiger partial charge in [0.25, 0.3) is 0 Å². The van der Waals surface area contributed by atoms with Gasteiger partial charge in [0.2, 0.25) is 5.91 Å². The number of benzene rings is 2. The molecule has 2 fully saturated rings. The molecule has 1 N–H and O–H groups in total. The maximum atomic E-state index is 12.1. The Morgan fingerprint density at radius 3 is 2.81 bits per heavy atom. The van der Waals surface area contributed by atoms with E-state index in [9.17, 15) is 9.90 Å². The zero-order valence-corrected chi connectivity index (χ0v) is 17.9. The number of ether oxygens (including phenoxy) is 1. The van der Waals surface area contributed by atoms with E-state index in [0.717, 1.165) is 41.7 Å². The third kappa shape index (κ3) is 3.91. The van der Waals surface area contributed by atoms with E-state index in [1.165, 1.54) is 0 Å². The SMILES string of the molecule is CN(C)C(=O)C[C@H]1CN2C[C@H](n3ccnc3-c3ccc4cc(O)ccc4c3)C[C@H]2CO1. The van der Waals surface area contributed by atoms with Gasteiger partial charge in [-0.3, -0.25) is 9.69 Å². The third-order valence-electron chi connectivity index (χ3n) is 6.51. The van der Waals surface area contributed by atoms with Crippen LogP contribution in [-0.4, -0.2) is 76.3 Å². The number of hydrogen-bond donors (Lipinski definition) is 1. The molecule has 162 valence electrons. The fraction of sp³-hybridized carbons (Fsp3) is 0.417. The molecule has 3 heterocycles. The standard InChI is InChI=1S/C24H28N4O3/c1-26(2)23(30)12-22-14-27-13-19(11-20(27)15-31-22)28-8-7-25-24(28)18-4-3-17-10-21(29)6-5-16(17)9-18/h3-10,19-20,22,29H,11-15H2,1-2H3/t19-,20+,22+/m1/s1. The highest BCUT2D eigenvalue weighted by atomic mass is 16.5. The predicted octanol–water partition coefficient (Wildman–Crippen LogP) is 2.90. The van der Waals surface area contributed by atoms with E-state index in [-0.39, 0.29) is 17.8 Å². The molecule has 0 unspecified atom stereocenters. The smallest absolute Gasteiger partial charge is 0.224 e. The summed E-state index contributed by atoms with van der Waals surface area (Å²) in [5.41, 5.74) is 1.07. The Bertz CT molecular complexity index is 1110. The number of rotatable bonds is 4. The van der Waals surface area contributed by atoms with Crippen LogP contribution in [0.5, 0.6) is 5.75 Å². The fourth-order valence-corrected chi connectivity index (χ4v) is 4.82. The van der Waals surface area contributed by atoms with E-state index in [1.807, 2.05) is 18.3 Å². The molecule has 3 atom stereocenters. The lowest BCUT2D eigenvalue weighted by Gasteiger charge is -2.35. The van der Waals surface area contributed by atoms with Crippen LogP contribution in [0.25, 0.3) is 22.2 Å². The van der Waals surface area contributed by atoms with Crippen LogP contribution >= 0.6 is 0 Å². The topological polar surface area (TPSA) is 70.8 Å². The van der Waals surface area contributed by atoms with Crippen molar-refractivity contribution in [3.05, 3.63) is 48.8 Å². The Morgan fingerprint density at radius 1 is 1.16 bits per heavy atom. The van der Waals surface area contributed by atoms with E-state index in [4.69, 9.17) is 4.74 Å². The lowest BCUT2D eigenvalue weighted by molar-refractivity contribution is -0.134. The second-order valence-corrected chi connectivity index (χ2v) is 8.85. The summed E-state index contributed by atoms with van der Waals surface area (Å²) in [6.45, 7) is 2.40. The van der Waals surface area contributed by atoms with Gasteiger partial charge in [-0.2, -0.15) is 0 Å². The molecule has 2 aromatic carbocycles. The summed E-state index contributed by atoms with van der Waals surface area (Å²) in [4.78, 5) is 20.8. The molecule has 1 aromatic heterocycles. The second-order valence-electron chi connectivity index (χ2n) is 8.85. The number of nitrogens with zero attached hydrogens (tertiary/aromatic N) is 4. The zero-order valence-electron chi connectivity index (χ0n) is 17.9. The summed E-state index contributed by atoms with van der Waals surface area (Å²) >= 11 is 0. The molecule has 1 amide bonds. The minimum atomic E-state index is -0.0379. The van der Waals surface area contributed by atoms with Crippen molar-refractivity contribution in [1.29, 1.82) is 0 Å². The van der Waals surface area contributed by atoms with Gasteiger partial charge in [0.1, 0.15) is 11.6 Å². The van der Waals surface area contributed by atoms with Gasteiger partial charge in [0, 0.05) is 57.2 Å². The summed E-state index contributed by atoms with van der Waals surface area (Å²) in [5, 5.41) is 11.8. The van der Waals surface area contributed by atoms with Crippen molar-refractivity contribution in [3.8, 4) is 17.1 Å². The van der Waals surface area contributed by atoms with Gasteiger partial charge in [-0.1, -0.05) is 18.2 Å². The first-order valence-electron chi connectivity index (χ1n) is 10.8. The first-order chi connectivity index (χ1) is 15.0. The molecule has 0 aliphatic carbocycles. The summed E-state index contributed by atoms with van der Waals surface area (Å²) in [6, 6.07) is 12.3. The summed E-state index contributed by atoms with van der Waals surface area (Å²) in [7, 11) is 3.58. The van der Waals surface area contributed by atoms with Gasteiger partial charge in [-0.05, 0) is 35.4 Å². The largest absolute Gasteiger partial charge is 0.508 e. The summed E-state index contributed by atoms with van der Waals surface area (Å²) in [5.74, 6) is 1.35. The van der Waals surface area contributed by atoms with Crippen molar-refractivity contribution in [1.82, 2.24) is 19.4 Å². The molecule has 7 heteroatoms. The molecule has 0 saturated carbocycles. The molecule has 0 bridgehead atoms. The second kappa shape index (κ2) is 7.98. The molecule has 3 aromatic rings. The van der Waals surface area contributed by atoms with E-state index in [2.05, 4.69) is 32.8 Å². The molecule has 2 aliphatic rings. The van der Waals surface area contributed by atoms with Gasteiger partial charge >= 0.3 is 0 Å². The number of phenols is 1. The number of carbonyl (C=O) groups excluding carboxylic acids is 1. The van der Waals surface area contributed by atoms with Crippen molar-refractivity contribution < 1.29 is 14.6 Å². The van der Waals surface area contributed by atoms with Crippen molar-refractivity contribution in [2.75, 3.05) is 33.8 Å². The molecular weight excluding hydrogens is 392 g/mol. The van der Waals surface area contributed by atoms with Crippen molar-refractivity contribution >= 4 is 16.7 Å². The fourth-order valence-electron chi connectivity index (χ4n) is 4.82. The highest BCUT2D eigenvalue weighted by Crippen LogP contribution is 2.34. The van der Waals surface area contributed by atoms with Crippen LogP contribution in [-0.2, 0) is 9.53 Å². The summed E-state index contributed by atoms with van der Waals surface area (Å²) < 4.78 is 8.29. The Balaban J connectivity index is 1.34. The average molecular weight is 421 g/mol. The minimum absolute atomic E-state index is 0.0379.